The van der Waals surface area contributed by atoms with Gasteiger partial charge in [0.25, 0.3) is 0 Å². The first-order chi connectivity index (χ1) is 23.5. The first-order valence-electron chi connectivity index (χ1n) is 17.1. The van der Waals surface area contributed by atoms with E-state index in [9.17, 15) is 14.7 Å². The molecule has 2 aliphatic heterocycles. The quantitative estimate of drug-likeness (QED) is 0.249. The van der Waals surface area contributed by atoms with Gasteiger partial charge in [-0.2, -0.15) is 0 Å². The molecule has 10 heteroatoms. The zero-order chi connectivity index (χ0) is 35.9. The van der Waals surface area contributed by atoms with Crippen molar-refractivity contribution in [2.24, 2.45) is 5.92 Å². The van der Waals surface area contributed by atoms with Gasteiger partial charge < -0.3 is 38.6 Å². The van der Waals surface area contributed by atoms with Crippen LogP contribution in [0.2, 0.25) is 0 Å². The van der Waals surface area contributed by atoms with Crippen molar-refractivity contribution in [1.29, 1.82) is 0 Å². The van der Waals surface area contributed by atoms with E-state index in [4.69, 9.17) is 18.9 Å². The van der Waals surface area contributed by atoms with E-state index in [2.05, 4.69) is 71.2 Å². The average Bonchev–Trinajstić information content (AvgIpc) is 3.71. The summed E-state index contributed by atoms with van der Waals surface area (Å²) in [7, 11) is 11.6. The molecule has 0 saturated carbocycles. The third-order valence-corrected chi connectivity index (χ3v) is 8.64. The van der Waals surface area contributed by atoms with E-state index in [0.717, 1.165) is 29.7 Å². The molecule has 3 aromatic rings. The predicted molar refractivity (Wildman–Crippen MR) is 194 cm³/mol. The molecule has 3 atom stereocenters. The monoisotopic (exact) mass is 678 g/mol. The number of unbranched alkanes of at least 4 members (excludes halogenated alkanes) is 1. The van der Waals surface area contributed by atoms with E-state index in [1.807, 2.05) is 41.3 Å². The molecular formula is C39H56N3O7+. The number of aliphatic carboxylic acids is 1. The third kappa shape index (κ3) is 11.1. The van der Waals surface area contributed by atoms with Crippen molar-refractivity contribution in [3.8, 4) is 23.0 Å². The van der Waals surface area contributed by atoms with E-state index < -0.39 is 11.9 Å². The average molecular weight is 679 g/mol. The Morgan fingerprint density at radius 1 is 1.04 bits per heavy atom. The summed E-state index contributed by atoms with van der Waals surface area (Å²) in [6.07, 6.45) is 4.59. The number of hydrogen-bond acceptors (Lipinski definition) is 8. The lowest BCUT2D eigenvalue weighted by atomic mass is 9.83. The Kier molecular flexibility index (Phi) is 15.7. The van der Waals surface area contributed by atoms with Crippen LogP contribution in [0.25, 0.3) is 0 Å². The Labute approximate surface area is 292 Å². The van der Waals surface area contributed by atoms with E-state index >= 15 is 0 Å². The van der Waals surface area contributed by atoms with Gasteiger partial charge in [0.15, 0.2) is 11.5 Å². The first-order valence-corrected chi connectivity index (χ1v) is 17.1. The fourth-order valence-corrected chi connectivity index (χ4v) is 6.28. The number of para-hydroxylation sites is 1. The van der Waals surface area contributed by atoms with Gasteiger partial charge in [-0.3, -0.25) is 9.69 Å². The molecule has 1 saturated heterocycles. The number of carboxylic acids is 1. The van der Waals surface area contributed by atoms with Crippen LogP contribution < -0.4 is 28.7 Å². The summed E-state index contributed by atoms with van der Waals surface area (Å²) in [5, 5.41) is 10.2. The number of anilines is 1. The second-order valence-electron chi connectivity index (χ2n) is 13.1. The minimum absolute atomic E-state index is 0.0982. The third-order valence-electron chi connectivity index (χ3n) is 8.64. The van der Waals surface area contributed by atoms with Crippen LogP contribution in [0.15, 0.2) is 60.7 Å². The maximum atomic E-state index is 12.4. The van der Waals surface area contributed by atoms with Gasteiger partial charge in [-0.25, -0.2) is 0 Å². The lowest BCUT2D eigenvalue weighted by Crippen LogP contribution is -3.02. The molecule has 0 bridgehead atoms. The SMILES string of the molecule is CCCCN(C)c1cccc(C)c1.COc1ccccc1CCC1[C@H](C(=O)O)C(c2cc(OC)c3c(c2)OCO3)CN1CC=O.C[NH+](C)C. The number of carbonyl (C=O) groups excluding carboxylic acids is 1. The van der Waals surface area contributed by atoms with Crippen LogP contribution in [0.1, 0.15) is 48.8 Å². The van der Waals surface area contributed by atoms with Crippen molar-refractivity contribution in [3.63, 3.8) is 0 Å². The molecular weight excluding hydrogens is 622 g/mol. The maximum absolute atomic E-state index is 12.4. The van der Waals surface area contributed by atoms with Crippen LogP contribution in [-0.4, -0.2) is 97.1 Å². The summed E-state index contributed by atoms with van der Waals surface area (Å²) < 4.78 is 21.9. The van der Waals surface area contributed by atoms with E-state index in [1.165, 1.54) is 29.0 Å². The molecule has 1 fully saturated rings. The largest absolute Gasteiger partial charge is 0.496 e. The highest BCUT2D eigenvalue weighted by molar-refractivity contribution is 5.74. The van der Waals surface area contributed by atoms with Gasteiger partial charge in [-0.05, 0) is 73.2 Å². The number of fused-ring (bicyclic) bond motifs is 1. The highest BCUT2D eigenvalue weighted by Gasteiger charge is 2.46. The molecule has 2 unspecified atom stereocenters. The highest BCUT2D eigenvalue weighted by atomic mass is 16.7. The molecule has 3 aromatic carbocycles. The maximum Gasteiger partial charge on any atom is 0.308 e. The Balaban J connectivity index is 0.000000317. The molecule has 268 valence electrons. The second kappa shape index (κ2) is 19.7. The van der Waals surface area contributed by atoms with E-state index in [0.29, 0.717) is 36.6 Å². The zero-order valence-corrected chi connectivity index (χ0v) is 30.5. The number of carbonyl (C=O) groups is 2. The lowest BCUT2D eigenvalue weighted by molar-refractivity contribution is -0.836. The Morgan fingerprint density at radius 2 is 1.76 bits per heavy atom. The topological polar surface area (TPSA) is 102 Å². The number of ether oxygens (including phenoxy) is 4. The Bertz CT molecular complexity index is 1480. The van der Waals surface area contributed by atoms with Crippen molar-refractivity contribution in [1.82, 2.24) is 4.90 Å². The molecule has 10 nitrogen and oxygen atoms in total. The van der Waals surface area contributed by atoms with Crippen molar-refractivity contribution in [3.05, 3.63) is 77.4 Å². The fraction of sp³-hybridized carbons (Fsp3) is 0.487. The number of benzene rings is 3. The smallest absolute Gasteiger partial charge is 0.308 e. The first kappa shape index (κ1) is 39.2. The van der Waals surface area contributed by atoms with Crippen LogP contribution in [0.4, 0.5) is 5.69 Å². The molecule has 0 radical (unpaired) electrons. The number of carboxylic acid groups (broad SMARTS) is 1. The number of aldehydes is 1. The van der Waals surface area contributed by atoms with Crippen molar-refractivity contribution in [2.75, 3.05) is 73.7 Å². The van der Waals surface area contributed by atoms with Crippen molar-refractivity contribution < 1.29 is 38.5 Å². The second-order valence-corrected chi connectivity index (χ2v) is 13.1. The summed E-state index contributed by atoms with van der Waals surface area (Å²) in [4.78, 5) is 29.5. The molecule has 0 aliphatic carbocycles. The minimum Gasteiger partial charge on any atom is -0.496 e. The number of nitrogens with zero attached hydrogens (tertiary/aromatic N) is 2. The van der Waals surface area contributed by atoms with Gasteiger partial charge in [0, 0.05) is 37.8 Å². The minimum atomic E-state index is -0.884. The van der Waals surface area contributed by atoms with Crippen molar-refractivity contribution >= 4 is 17.9 Å². The Hall–Kier alpha value is -4.28. The summed E-state index contributed by atoms with van der Waals surface area (Å²) in [5.41, 5.74) is 4.47. The summed E-state index contributed by atoms with van der Waals surface area (Å²) in [6, 6.07) is 19.7. The molecule has 2 N–H and O–H groups in total. The Morgan fingerprint density at radius 3 is 2.39 bits per heavy atom. The van der Waals surface area contributed by atoms with Crippen LogP contribution in [0.3, 0.4) is 0 Å². The number of likely N-dealkylation sites (tertiary alicyclic amines) is 1. The molecule has 0 amide bonds. The van der Waals surface area contributed by atoms with Gasteiger partial charge in [0.2, 0.25) is 12.5 Å². The number of rotatable bonds is 13. The highest BCUT2D eigenvalue weighted by Crippen LogP contribution is 2.47. The number of quaternary nitrogens is 1. The molecule has 2 aliphatic rings. The van der Waals surface area contributed by atoms with Crippen LogP contribution >= 0.6 is 0 Å². The fourth-order valence-electron chi connectivity index (χ4n) is 6.28. The molecule has 49 heavy (non-hydrogen) atoms. The van der Waals surface area contributed by atoms with E-state index in [-0.39, 0.29) is 25.3 Å². The van der Waals surface area contributed by atoms with Gasteiger partial charge >= 0.3 is 5.97 Å². The van der Waals surface area contributed by atoms with E-state index in [1.54, 1.807) is 14.2 Å². The van der Waals surface area contributed by atoms with Gasteiger partial charge in [-0.15, -0.1) is 0 Å². The summed E-state index contributed by atoms with van der Waals surface area (Å²) in [5.74, 6) is 0.467. The zero-order valence-electron chi connectivity index (χ0n) is 30.5. The predicted octanol–water partition coefficient (Wildman–Crippen LogP) is 4.72. The number of methoxy groups -OCH3 is 2. The standard InChI is InChI=1S/C24H27NO7.C12H19N.C3H9N/c1-29-19-6-4-3-5-15(19)7-8-18-22(24(27)28)17(13-25(18)9-10-26)16-11-20(30-2)23-21(12-16)31-14-32-23;1-4-5-9-13(3)12-8-6-7-11(2)10-12;1-4(2)3/h3-6,10-12,17-18,22H,7-9,13-14H2,1-2H3,(H,27,28);6-8,10H,4-5,9H2,1-3H3;1-3H3/p+1/t17?,18?,22-;;/m1../s1. The van der Waals surface area contributed by atoms with Gasteiger partial charge in [-0.1, -0.05) is 43.7 Å². The van der Waals surface area contributed by atoms with Gasteiger partial charge in [0.05, 0.1) is 47.8 Å². The summed E-state index contributed by atoms with van der Waals surface area (Å²) >= 11 is 0. The molecule has 0 aromatic heterocycles. The molecule has 2 heterocycles. The normalized spacial score (nSPS) is 17.8. The molecule has 5 rings (SSSR count). The number of hydrogen-bond donors (Lipinski definition) is 2. The van der Waals surface area contributed by atoms with Crippen molar-refractivity contribution in [2.45, 2.75) is 51.5 Å². The summed E-state index contributed by atoms with van der Waals surface area (Å²) in [6.45, 7) is 6.25. The number of nitrogens with one attached hydrogen (secondary N) is 1. The van der Waals surface area contributed by atoms with Crippen LogP contribution in [0.5, 0.6) is 23.0 Å². The van der Waals surface area contributed by atoms with Gasteiger partial charge in [0.1, 0.15) is 12.0 Å². The lowest BCUT2D eigenvalue weighted by Gasteiger charge is -2.25. The van der Waals surface area contributed by atoms with Crippen LogP contribution in [0, 0.1) is 12.8 Å². The number of aryl methyl sites for hydroxylation is 2. The van der Waals surface area contributed by atoms with Crippen LogP contribution in [-0.2, 0) is 16.0 Å². The molecule has 0 spiro atoms.